The molecule has 0 bridgehead atoms. The van der Waals surface area contributed by atoms with Crippen LogP contribution in [0.5, 0.6) is 0 Å². The van der Waals surface area contributed by atoms with E-state index in [1.165, 1.54) is 28.4 Å². The van der Waals surface area contributed by atoms with E-state index in [0.29, 0.717) is 0 Å². The second kappa shape index (κ2) is 8.97. The van der Waals surface area contributed by atoms with Crippen LogP contribution in [0.3, 0.4) is 0 Å². The zero-order valence-corrected chi connectivity index (χ0v) is 9.45. The Balaban J connectivity index is 0. The highest BCUT2D eigenvalue weighted by Crippen LogP contribution is 2.04. The molecule has 12 heavy (non-hydrogen) atoms. The molecular formula is C4H12O6Si2. The lowest BCUT2D eigenvalue weighted by molar-refractivity contribution is 0.0226. The Morgan fingerprint density at radius 1 is 0.833 bits per heavy atom. The summed E-state index contributed by atoms with van der Waals surface area (Å²) in [5.41, 5.74) is 0. The van der Waals surface area contributed by atoms with Crippen LogP contribution in [-0.4, -0.2) is 46.8 Å². The quantitative estimate of drug-likeness (QED) is 0.579. The Kier molecular flexibility index (Phi) is 10.8. The van der Waals surface area contributed by atoms with E-state index in [-0.39, 0.29) is 0 Å². The van der Waals surface area contributed by atoms with Crippen LogP contribution in [0.25, 0.3) is 0 Å². The van der Waals surface area contributed by atoms with Crippen molar-refractivity contribution >= 4 is 18.3 Å². The Hall–Kier alpha value is -0.126. The van der Waals surface area contributed by atoms with Gasteiger partial charge in [0.2, 0.25) is 0 Å². The van der Waals surface area contributed by atoms with Gasteiger partial charge in [-0.15, -0.1) is 0 Å². The van der Waals surface area contributed by atoms with E-state index in [1.807, 2.05) is 0 Å². The van der Waals surface area contributed by atoms with E-state index in [1.54, 1.807) is 0 Å². The summed E-state index contributed by atoms with van der Waals surface area (Å²) in [7, 11) is 1.85. The Bertz CT molecular complexity index is 112. The van der Waals surface area contributed by atoms with Crippen LogP contribution in [0.2, 0.25) is 0 Å². The molecule has 0 unspecified atom stereocenters. The molecule has 0 amide bonds. The summed E-state index contributed by atoms with van der Waals surface area (Å²) in [6.07, 6.45) is 0. The molecule has 0 saturated heterocycles. The minimum atomic E-state index is -2.69. The topological polar surface area (TPSA) is 71.1 Å². The summed E-state index contributed by atoms with van der Waals surface area (Å²) < 4.78 is 36.2. The molecule has 72 valence electrons. The Labute approximate surface area is 74.2 Å². The van der Waals surface area contributed by atoms with Crippen LogP contribution in [0.4, 0.5) is 0 Å². The van der Waals surface area contributed by atoms with E-state index in [0.717, 1.165) is 0 Å². The van der Waals surface area contributed by atoms with Gasteiger partial charge in [-0.25, -0.2) is 0 Å². The molecule has 0 rings (SSSR count). The second-order valence-corrected chi connectivity index (χ2v) is 4.20. The predicted molar refractivity (Wildman–Crippen MR) is 40.9 cm³/mol. The van der Waals surface area contributed by atoms with Crippen molar-refractivity contribution in [1.29, 1.82) is 0 Å². The first kappa shape index (κ1) is 14.4. The summed E-state index contributed by atoms with van der Waals surface area (Å²) in [6, 6.07) is 0. The molecule has 0 spiro atoms. The molecule has 0 radical (unpaired) electrons. The van der Waals surface area contributed by atoms with Crippen molar-refractivity contribution in [2.45, 2.75) is 0 Å². The van der Waals surface area contributed by atoms with Gasteiger partial charge in [0, 0.05) is 28.4 Å². The minimum Gasteiger partial charge on any atom is -0.355 e. The molecular weight excluding hydrogens is 200 g/mol. The fourth-order valence-corrected chi connectivity index (χ4v) is 1.50. The van der Waals surface area contributed by atoms with Gasteiger partial charge in [-0.3, -0.25) is 8.92 Å². The van der Waals surface area contributed by atoms with Crippen molar-refractivity contribution in [2.24, 2.45) is 0 Å². The van der Waals surface area contributed by atoms with Crippen molar-refractivity contribution in [3.05, 3.63) is 0 Å². The minimum absolute atomic E-state index is 1.42. The maximum atomic E-state index is 8.40. The van der Waals surface area contributed by atoms with E-state index >= 15 is 0 Å². The smallest absolute Gasteiger partial charge is 0.355 e. The fraction of sp³-hybridized carbons (Fsp3) is 1.00. The van der Waals surface area contributed by atoms with Crippen LogP contribution in [0.1, 0.15) is 0 Å². The fourth-order valence-electron chi connectivity index (χ4n) is 0.500. The molecule has 0 aromatic carbocycles. The van der Waals surface area contributed by atoms with E-state index in [9.17, 15) is 0 Å². The Morgan fingerprint density at radius 2 is 1.00 bits per heavy atom. The van der Waals surface area contributed by atoms with Crippen molar-refractivity contribution < 1.29 is 26.6 Å². The van der Waals surface area contributed by atoms with E-state index in [4.69, 9.17) is 26.6 Å². The van der Waals surface area contributed by atoms with Crippen LogP contribution < -0.4 is 0 Å². The van der Waals surface area contributed by atoms with Gasteiger partial charge >= 0.3 is 18.3 Å². The first-order valence-corrected chi connectivity index (χ1v) is 5.31. The van der Waals surface area contributed by atoms with Crippen LogP contribution in [-0.2, 0) is 26.6 Å². The SMILES string of the molecule is CO[Si](OC)(OC)OC.O=[Si]=O. The number of hydrogen-bond acceptors (Lipinski definition) is 6. The zero-order chi connectivity index (χ0) is 10.0. The second-order valence-electron chi connectivity index (χ2n) is 1.40. The monoisotopic (exact) mass is 212 g/mol. The highest BCUT2D eigenvalue weighted by molar-refractivity contribution is 6.53. The van der Waals surface area contributed by atoms with Crippen LogP contribution in [0, 0.1) is 0 Å². The summed E-state index contributed by atoms with van der Waals surface area (Å²) in [6.45, 7) is 0. The molecule has 0 aromatic heterocycles. The molecule has 0 heterocycles. The molecule has 0 N–H and O–H groups in total. The highest BCUT2D eigenvalue weighted by Gasteiger charge is 2.40. The predicted octanol–water partition coefficient (Wildman–Crippen LogP) is -0.611. The van der Waals surface area contributed by atoms with Gasteiger partial charge in [-0.2, -0.15) is 0 Å². The summed E-state index contributed by atoms with van der Waals surface area (Å²) in [4.78, 5) is 0. The molecule has 8 heteroatoms. The van der Waals surface area contributed by atoms with E-state index in [2.05, 4.69) is 0 Å². The maximum absolute atomic E-state index is 8.40. The van der Waals surface area contributed by atoms with Gasteiger partial charge in [-0.1, -0.05) is 0 Å². The zero-order valence-electron chi connectivity index (χ0n) is 7.45. The van der Waals surface area contributed by atoms with Gasteiger partial charge in [0.15, 0.2) is 0 Å². The molecule has 0 saturated carbocycles. The third-order valence-corrected chi connectivity index (χ3v) is 3.00. The molecule has 0 fully saturated rings. The van der Waals surface area contributed by atoms with E-state index < -0.39 is 18.3 Å². The standard InChI is InChI=1S/C4H12O4Si.O2Si/c1-5-9(6-2,7-3)8-4;1-3-2/h1-4H3;. The molecule has 0 atom stereocenters. The average molecular weight is 212 g/mol. The van der Waals surface area contributed by atoms with Gasteiger partial charge in [0.05, 0.1) is 0 Å². The van der Waals surface area contributed by atoms with Crippen LogP contribution >= 0.6 is 0 Å². The van der Waals surface area contributed by atoms with Gasteiger partial charge in [-0.05, 0) is 0 Å². The summed E-state index contributed by atoms with van der Waals surface area (Å²) in [5, 5.41) is 0. The highest BCUT2D eigenvalue weighted by atomic mass is 28.4. The lowest BCUT2D eigenvalue weighted by atomic mass is 11.8. The first-order chi connectivity index (χ1) is 5.66. The van der Waals surface area contributed by atoms with Gasteiger partial charge < -0.3 is 17.7 Å². The average Bonchev–Trinajstić information content (AvgIpc) is 2.11. The maximum Gasteiger partial charge on any atom is 0.678 e. The van der Waals surface area contributed by atoms with Crippen molar-refractivity contribution in [3.8, 4) is 0 Å². The lowest BCUT2D eigenvalue weighted by Crippen LogP contribution is -2.45. The summed E-state index contributed by atoms with van der Waals surface area (Å²) in [5.74, 6) is 0. The molecule has 0 aliphatic carbocycles. The summed E-state index contributed by atoms with van der Waals surface area (Å²) >= 11 is 0. The molecule has 0 aromatic rings. The third-order valence-electron chi connectivity index (χ3n) is 1.00. The van der Waals surface area contributed by atoms with Crippen molar-refractivity contribution in [1.82, 2.24) is 0 Å². The van der Waals surface area contributed by atoms with Gasteiger partial charge in [0.25, 0.3) is 0 Å². The molecule has 0 aliphatic rings. The van der Waals surface area contributed by atoms with Crippen LogP contribution in [0.15, 0.2) is 0 Å². The number of rotatable bonds is 4. The normalized spacial score (nSPS) is 9.67. The van der Waals surface area contributed by atoms with Crippen molar-refractivity contribution in [2.75, 3.05) is 28.4 Å². The molecule has 6 nitrogen and oxygen atoms in total. The third kappa shape index (κ3) is 5.51. The Morgan fingerprint density at radius 3 is 1.00 bits per heavy atom. The largest absolute Gasteiger partial charge is 0.678 e. The molecule has 0 aliphatic heterocycles. The lowest BCUT2D eigenvalue weighted by Gasteiger charge is -2.19. The number of hydrogen-bond donors (Lipinski definition) is 0. The first-order valence-electron chi connectivity index (χ1n) is 2.86. The van der Waals surface area contributed by atoms with Gasteiger partial charge in [0.1, 0.15) is 0 Å². The van der Waals surface area contributed by atoms with Crippen molar-refractivity contribution in [3.63, 3.8) is 0 Å².